The van der Waals surface area contributed by atoms with E-state index >= 15 is 0 Å². The Balaban J connectivity index is 2.14. The van der Waals surface area contributed by atoms with Crippen molar-refractivity contribution in [3.8, 4) is 5.75 Å². The lowest BCUT2D eigenvalue weighted by atomic mass is 10.1. The summed E-state index contributed by atoms with van der Waals surface area (Å²) in [6.07, 6.45) is 7.67. The first-order valence-corrected chi connectivity index (χ1v) is 6.85. The second kappa shape index (κ2) is 8.56. The molecule has 1 aromatic carbocycles. The van der Waals surface area contributed by atoms with Crippen LogP contribution in [0.25, 0.3) is 0 Å². The van der Waals surface area contributed by atoms with Crippen LogP contribution in [0.2, 0.25) is 0 Å². The summed E-state index contributed by atoms with van der Waals surface area (Å²) < 4.78 is 5.66. The monoisotopic (exact) mass is 249 g/mol. The van der Waals surface area contributed by atoms with Crippen LogP contribution in [0.15, 0.2) is 24.3 Å². The van der Waals surface area contributed by atoms with E-state index in [0.29, 0.717) is 5.84 Å². The minimum Gasteiger partial charge on any atom is -0.494 e. The average Bonchev–Trinajstić information content (AvgIpc) is 2.38. The summed E-state index contributed by atoms with van der Waals surface area (Å²) in [4.78, 5) is 0. The van der Waals surface area contributed by atoms with E-state index in [1.165, 1.54) is 32.1 Å². The van der Waals surface area contributed by atoms with Gasteiger partial charge in [0, 0.05) is 0 Å². The molecular formula is C15H25N2O+. The topological polar surface area (TPSA) is 60.8 Å². The number of benzene rings is 1. The summed E-state index contributed by atoms with van der Waals surface area (Å²) in [5, 5.41) is 5.50. The Morgan fingerprint density at radius 1 is 1.06 bits per heavy atom. The van der Waals surface area contributed by atoms with Gasteiger partial charge in [-0.2, -0.15) is 0 Å². The maximum Gasteiger partial charge on any atom is 0.270 e. The molecule has 0 amide bonds. The molecule has 0 spiro atoms. The van der Waals surface area contributed by atoms with Crippen LogP contribution in [-0.4, -0.2) is 12.4 Å². The van der Waals surface area contributed by atoms with E-state index in [9.17, 15) is 0 Å². The van der Waals surface area contributed by atoms with Crippen LogP contribution in [0.3, 0.4) is 0 Å². The molecule has 3 nitrogen and oxygen atoms in total. The van der Waals surface area contributed by atoms with Gasteiger partial charge in [-0.1, -0.05) is 39.0 Å². The number of rotatable bonds is 9. The fourth-order valence-corrected chi connectivity index (χ4v) is 1.82. The Morgan fingerprint density at radius 3 is 2.28 bits per heavy atom. The van der Waals surface area contributed by atoms with Crippen LogP contribution < -0.4 is 15.9 Å². The normalized spacial score (nSPS) is 10.3. The van der Waals surface area contributed by atoms with Crippen molar-refractivity contribution >= 4 is 5.84 Å². The highest BCUT2D eigenvalue weighted by Gasteiger charge is 2.01. The van der Waals surface area contributed by atoms with Gasteiger partial charge in [-0.25, -0.2) is 0 Å². The van der Waals surface area contributed by atoms with Crippen LogP contribution >= 0.6 is 0 Å². The molecule has 0 aliphatic rings. The van der Waals surface area contributed by atoms with E-state index in [1.807, 2.05) is 24.3 Å². The van der Waals surface area contributed by atoms with E-state index < -0.39 is 0 Å². The fourth-order valence-electron chi connectivity index (χ4n) is 1.82. The third kappa shape index (κ3) is 5.71. The molecule has 4 N–H and O–H groups in total. The van der Waals surface area contributed by atoms with Gasteiger partial charge in [0.05, 0.1) is 12.2 Å². The van der Waals surface area contributed by atoms with Crippen LogP contribution in [0.1, 0.15) is 51.0 Å². The zero-order valence-corrected chi connectivity index (χ0v) is 11.3. The molecule has 0 heterocycles. The Bertz CT molecular complexity index is 346. The van der Waals surface area contributed by atoms with Crippen molar-refractivity contribution in [1.29, 1.82) is 0 Å². The lowest BCUT2D eigenvalue weighted by Gasteiger charge is -2.06. The van der Waals surface area contributed by atoms with Gasteiger partial charge in [-0.3, -0.25) is 11.1 Å². The predicted octanol–water partition coefficient (Wildman–Crippen LogP) is 1.89. The number of hydrogen-bond acceptors (Lipinski definition) is 1. The molecular weight excluding hydrogens is 224 g/mol. The summed E-state index contributed by atoms with van der Waals surface area (Å²) in [5.41, 5.74) is 6.35. The SMILES string of the molecule is CCCCCCCCOc1ccc(C(N)=[NH2+])cc1. The number of ether oxygens (including phenoxy) is 1. The zero-order valence-electron chi connectivity index (χ0n) is 11.3. The molecule has 1 aromatic rings. The molecule has 0 aromatic heterocycles. The molecule has 0 atom stereocenters. The minimum absolute atomic E-state index is 0.345. The molecule has 0 saturated heterocycles. The van der Waals surface area contributed by atoms with Crippen molar-refractivity contribution < 1.29 is 10.1 Å². The summed E-state index contributed by atoms with van der Waals surface area (Å²) in [7, 11) is 0. The molecule has 0 bridgehead atoms. The molecule has 0 aliphatic carbocycles. The van der Waals surface area contributed by atoms with Gasteiger partial charge >= 0.3 is 0 Å². The van der Waals surface area contributed by atoms with Gasteiger partial charge in [0.15, 0.2) is 0 Å². The average molecular weight is 249 g/mol. The van der Waals surface area contributed by atoms with Crippen LogP contribution in [-0.2, 0) is 0 Å². The third-order valence-electron chi connectivity index (χ3n) is 2.95. The fraction of sp³-hybridized carbons (Fsp3) is 0.533. The molecule has 0 unspecified atom stereocenters. The van der Waals surface area contributed by atoms with E-state index in [0.717, 1.165) is 24.3 Å². The molecule has 0 aliphatic heterocycles. The molecule has 18 heavy (non-hydrogen) atoms. The Kier molecular flexibility index (Phi) is 6.92. The first-order chi connectivity index (χ1) is 8.74. The first kappa shape index (κ1) is 14.6. The number of nitrogens with two attached hydrogens (primary N) is 2. The smallest absolute Gasteiger partial charge is 0.270 e. The number of hydrogen-bond donors (Lipinski definition) is 2. The van der Waals surface area contributed by atoms with Crippen LogP contribution in [0.5, 0.6) is 5.75 Å². The second-order valence-corrected chi connectivity index (χ2v) is 4.60. The predicted molar refractivity (Wildman–Crippen MR) is 75.5 cm³/mol. The molecule has 3 heteroatoms. The maximum atomic E-state index is 5.66. The summed E-state index contributed by atoms with van der Waals surface area (Å²) in [5.74, 6) is 1.23. The standard InChI is InChI=1S/C15H24N2O/c1-2-3-4-5-6-7-12-18-14-10-8-13(9-11-14)15(16)17/h8-11H,2-7,12H2,1H3,(H3,16,17)/p+1. The summed E-state index contributed by atoms with van der Waals surface area (Å²) >= 11 is 0. The highest BCUT2D eigenvalue weighted by Crippen LogP contribution is 2.12. The van der Waals surface area contributed by atoms with Gasteiger partial charge in [-0.05, 0) is 30.7 Å². The van der Waals surface area contributed by atoms with E-state index in [1.54, 1.807) is 0 Å². The van der Waals surface area contributed by atoms with Crippen molar-refractivity contribution in [3.05, 3.63) is 29.8 Å². The van der Waals surface area contributed by atoms with E-state index in [2.05, 4.69) is 6.92 Å². The summed E-state index contributed by atoms with van der Waals surface area (Å²) in [6, 6.07) is 7.58. The van der Waals surface area contributed by atoms with Gasteiger partial charge in [0.1, 0.15) is 5.75 Å². The Morgan fingerprint density at radius 2 is 1.67 bits per heavy atom. The molecule has 1 rings (SSSR count). The molecule has 0 saturated carbocycles. The third-order valence-corrected chi connectivity index (χ3v) is 2.95. The lowest BCUT2D eigenvalue weighted by molar-refractivity contribution is -0.114. The van der Waals surface area contributed by atoms with Gasteiger partial charge in [0.2, 0.25) is 0 Å². The lowest BCUT2D eigenvalue weighted by Crippen LogP contribution is -2.46. The van der Waals surface area contributed by atoms with Crippen molar-refractivity contribution in [3.63, 3.8) is 0 Å². The minimum atomic E-state index is 0.345. The molecule has 0 radical (unpaired) electrons. The molecule has 0 fully saturated rings. The molecule has 100 valence electrons. The van der Waals surface area contributed by atoms with Crippen molar-refractivity contribution in [2.24, 2.45) is 5.73 Å². The first-order valence-electron chi connectivity index (χ1n) is 6.85. The van der Waals surface area contributed by atoms with Crippen molar-refractivity contribution in [2.75, 3.05) is 6.61 Å². The number of amidine groups is 1. The van der Waals surface area contributed by atoms with Gasteiger partial charge in [-0.15, -0.1) is 0 Å². The largest absolute Gasteiger partial charge is 0.494 e. The second-order valence-electron chi connectivity index (χ2n) is 4.60. The van der Waals surface area contributed by atoms with Crippen LogP contribution in [0, 0.1) is 0 Å². The number of unbranched alkanes of at least 4 members (excludes halogenated alkanes) is 5. The zero-order chi connectivity index (χ0) is 13.2. The van der Waals surface area contributed by atoms with Crippen LogP contribution in [0.4, 0.5) is 0 Å². The van der Waals surface area contributed by atoms with E-state index in [4.69, 9.17) is 15.9 Å². The van der Waals surface area contributed by atoms with Crippen molar-refractivity contribution in [2.45, 2.75) is 45.4 Å². The van der Waals surface area contributed by atoms with Gasteiger partial charge < -0.3 is 4.74 Å². The maximum absolute atomic E-state index is 5.66. The summed E-state index contributed by atoms with van der Waals surface area (Å²) in [6.45, 7) is 3.02. The highest BCUT2D eigenvalue weighted by atomic mass is 16.5. The highest BCUT2D eigenvalue weighted by molar-refractivity contribution is 5.92. The van der Waals surface area contributed by atoms with Crippen molar-refractivity contribution in [1.82, 2.24) is 0 Å². The Labute approximate surface area is 110 Å². The Hall–Kier alpha value is -1.51. The van der Waals surface area contributed by atoms with E-state index in [-0.39, 0.29) is 0 Å². The quantitative estimate of drug-likeness (QED) is 0.399. The van der Waals surface area contributed by atoms with Gasteiger partial charge in [0.25, 0.3) is 5.84 Å².